The van der Waals surface area contributed by atoms with Gasteiger partial charge in [-0.15, -0.1) is 0 Å². The van der Waals surface area contributed by atoms with E-state index in [1.165, 1.54) is 18.2 Å². The first-order valence-corrected chi connectivity index (χ1v) is 12.0. The Morgan fingerprint density at radius 1 is 1.08 bits per heavy atom. The zero-order valence-corrected chi connectivity index (χ0v) is 21.8. The number of methoxy groups -OCH3 is 2. The standard InChI is InChI=1S/C28H32N4O5/c1-18-22(17-29-32(18)19-10-7-6-8-11-19)26(33)24-25(21-16-20(36-4)12-13-23(21)37-5)31(28(35)27(24)34)15-9-14-30(2)3/h6-8,10-13,16-17,25,33H,9,14-15H2,1-5H3/b26-24+. The number of carbonyl (C=O) groups is 2. The highest BCUT2D eigenvalue weighted by molar-refractivity contribution is 6.46. The van der Waals surface area contributed by atoms with Crippen LogP contribution in [-0.2, 0) is 9.59 Å². The second-order valence-corrected chi connectivity index (χ2v) is 9.15. The van der Waals surface area contributed by atoms with Crippen molar-refractivity contribution in [1.29, 1.82) is 0 Å². The van der Waals surface area contributed by atoms with Crippen molar-refractivity contribution in [3.63, 3.8) is 0 Å². The Morgan fingerprint density at radius 2 is 1.81 bits per heavy atom. The van der Waals surface area contributed by atoms with Gasteiger partial charge in [0.2, 0.25) is 0 Å². The van der Waals surface area contributed by atoms with Crippen LogP contribution in [0, 0.1) is 6.92 Å². The predicted molar refractivity (Wildman–Crippen MR) is 140 cm³/mol. The lowest BCUT2D eigenvalue weighted by atomic mass is 9.94. The van der Waals surface area contributed by atoms with Crippen molar-refractivity contribution in [1.82, 2.24) is 19.6 Å². The predicted octanol–water partition coefficient (Wildman–Crippen LogP) is 3.57. The van der Waals surface area contributed by atoms with E-state index in [4.69, 9.17) is 9.47 Å². The van der Waals surface area contributed by atoms with E-state index >= 15 is 0 Å². The van der Waals surface area contributed by atoms with Crippen LogP contribution in [-0.4, -0.2) is 77.8 Å². The van der Waals surface area contributed by atoms with Crippen LogP contribution in [0.2, 0.25) is 0 Å². The molecule has 1 unspecified atom stereocenters. The van der Waals surface area contributed by atoms with Gasteiger partial charge in [-0.2, -0.15) is 5.10 Å². The summed E-state index contributed by atoms with van der Waals surface area (Å²) in [6.45, 7) is 2.87. The van der Waals surface area contributed by atoms with Gasteiger partial charge in [0.1, 0.15) is 17.3 Å². The molecule has 0 spiro atoms. The molecule has 1 saturated heterocycles. The number of ether oxygens (including phenoxy) is 2. The van der Waals surface area contributed by atoms with Crippen molar-refractivity contribution in [2.45, 2.75) is 19.4 Å². The lowest BCUT2D eigenvalue weighted by Gasteiger charge is -2.27. The minimum absolute atomic E-state index is 0.00267. The molecule has 1 N–H and O–H groups in total. The van der Waals surface area contributed by atoms with Gasteiger partial charge in [0.25, 0.3) is 11.7 Å². The molecule has 3 aromatic rings. The van der Waals surface area contributed by atoms with E-state index in [0.29, 0.717) is 41.3 Å². The number of aromatic nitrogens is 2. The van der Waals surface area contributed by atoms with Crippen molar-refractivity contribution in [3.8, 4) is 17.2 Å². The van der Waals surface area contributed by atoms with Crippen LogP contribution < -0.4 is 9.47 Å². The number of nitrogens with zero attached hydrogens (tertiary/aromatic N) is 4. The molecule has 0 bridgehead atoms. The van der Waals surface area contributed by atoms with Gasteiger partial charge in [-0.05, 0) is 64.3 Å². The highest BCUT2D eigenvalue weighted by Crippen LogP contribution is 2.44. The molecule has 1 aromatic heterocycles. The Hall–Kier alpha value is -4.11. The maximum Gasteiger partial charge on any atom is 0.295 e. The molecule has 0 aliphatic carbocycles. The van der Waals surface area contributed by atoms with E-state index < -0.39 is 17.7 Å². The first kappa shape index (κ1) is 26.0. The van der Waals surface area contributed by atoms with Crippen LogP contribution in [0.1, 0.15) is 29.3 Å². The normalized spacial score (nSPS) is 17.0. The van der Waals surface area contributed by atoms with Crippen LogP contribution in [0.5, 0.6) is 11.5 Å². The first-order valence-electron chi connectivity index (χ1n) is 12.0. The number of amides is 1. The number of aliphatic hydroxyl groups excluding tert-OH is 1. The molecule has 4 rings (SSSR count). The third kappa shape index (κ3) is 4.95. The van der Waals surface area contributed by atoms with Gasteiger partial charge in [0.15, 0.2) is 0 Å². The van der Waals surface area contributed by atoms with Gasteiger partial charge < -0.3 is 24.4 Å². The second kappa shape index (κ2) is 10.9. The number of rotatable bonds is 9. The highest BCUT2D eigenvalue weighted by Gasteiger charge is 2.47. The molecule has 2 heterocycles. The third-order valence-electron chi connectivity index (χ3n) is 6.54. The summed E-state index contributed by atoms with van der Waals surface area (Å²) in [5, 5.41) is 16.0. The quantitative estimate of drug-likeness (QED) is 0.270. The van der Waals surface area contributed by atoms with Gasteiger partial charge in [0, 0.05) is 12.1 Å². The first-order chi connectivity index (χ1) is 17.8. The number of ketones is 1. The molecule has 2 aromatic carbocycles. The Kier molecular flexibility index (Phi) is 7.63. The zero-order valence-electron chi connectivity index (χ0n) is 21.8. The number of carbonyl (C=O) groups excluding carboxylic acids is 2. The lowest BCUT2D eigenvalue weighted by Crippen LogP contribution is -2.32. The van der Waals surface area contributed by atoms with E-state index in [2.05, 4.69) is 5.10 Å². The Labute approximate surface area is 216 Å². The smallest absolute Gasteiger partial charge is 0.295 e. The highest BCUT2D eigenvalue weighted by atomic mass is 16.5. The van der Waals surface area contributed by atoms with E-state index in [0.717, 1.165) is 12.2 Å². The number of para-hydroxylation sites is 1. The Balaban J connectivity index is 1.88. The maximum absolute atomic E-state index is 13.4. The number of aliphatic hydroxyl groups is 1. The van der Waals surface area contributed by atoms with Crippen LogP contribution in [0.25, 0.3) is 11.4 Å². The average molecular weight is 505 g/mol. The van der Waals surface area contributed by atoms with Crippen molar-refractivity contribution in [3.05, 3.63) is 77.1 Å². The Morgan fingerprint density at radius 3 is 2.46 bits per heavy atom. The van der Waals surface area contributed by atoms with Gasteiger partial charge in [-0.1, -0.05) is 18.2 Å². The van der Waals surface area contributed by atoms with Gasteiger partial charge in [-0.3, -0.25) is 9.59 Å². The number of hydrogen-bond donors (Lipinski definition) is 1. The SMILES string of the molecule is COc1ccc(OC)c(C2/C(=C(\O)c3cnn(-c4ccccc4)c3C)C(=O)C(=O)N2CCCN(C)C)c1. The molecule has 1 aliphatic rings. The largest absolute Gasteiger partial charge is 0.507 e. The summed E-state index contributed by atoms with van der Waals surface area (Å²) in [6, 6.07) is 13.8. The fourth-order valence-electron chi connectivity index (χ4n) is 4.66. The van der Waals surface area contributed by atoms with Crippen molar-refractivity contribution in [2.75, 3.05) is 41.4 Å². The summed E-state index contributed by atoms with van der Waals surface area (Å²) in [5.41, 5.74) is 2.38. The van der Waals surface area contributed by atoms with E-state index in [1.807, 2.05) is 56.3 Å². The summed E-state index contributed by atoms with van der Waals surface area (Å²) < 4.78 is 12.7. The fourth-order valence-corrected chi connectivity index (χ4v) is 4.66. The van der Waals surface area contributed by atoms with E-state index in [-0.39, 0.29) is 11.3 Å². The molecule has 194 valence electrons. The average Bonchev–Trinajstić information content (AvgIpc) is 3.40. The molecule has 1 fully saturated rings. The molecule has 1 aliphatic heterocycles. The molecular formula is C28H32N4O5. The molecule has 0 radical (unpaired) electrons. The third-order valence-corrected chi connectivity index (χ3v) is 6.54. The van der Waals surface area contributed by atoms with E-state index in [1.54, 1.807) is 30.0 Å². The molecule has 9 heteroatoms. The summed E-state index contributed by atoms with van der Waals surface area (Å²) >= 11 is 0. The summed E-state index contributed by atoms with van der Waals surface area (Å²) in [6.07, 6.45) is 2.16. The Bertz CT molecular complexity index is 1330. The zero-order chi connectivity index (χ0) is 26.7. The molecule has 37 heavy (non-hydrogen) atoms. The minimum atomic E-state index is -0.855. The number of Topliss-reactive ketones (excluding diaryl/α,β-unsaturated/α-hetero) is 1. The molecule has 1 amide bonds. The fraction of sp³-hybridized carbons (Fsp3) is 0.321. The number of benzene rings is 2. The van der Waals surface area contributed by atoms with Crippen LogP contribution in [0.15, 0.2) is 60.3 Å². The van der Waals surface area contributed by atoms with Gasteiger partial charge in [0.05, 0.1) is 49.0 Å². The number of hydrogen-bond acceptors (Lipinski definition) is 7. The van der Waals surface area contributed by atoms with Crippen molar-refractivity contribution >= 4 is 17.4 Å². The molecular weight excluding hydrogens is 472 g/mol. The molecule has 9 nitrogen and oxygen atoms in total. The summed E-state index contributed by atoms with van der Waals surface area (Å²) in [7, 11) is 6.96. The molecule has 1 atom stereocenters. The minimum Gasteiger partial charge on any atom is -0.507 e. The summed E-state index contributed by atoms with van der Waals surface area (Å²) in [4.78, 5) is 30.3. The lowest BCUT2D eigenvalue weighted by molar-refractivity contribution is -0.140. The summed E-state index contributed by atoms with van der Waals surface area (Å²) in [5.74, 6) is -0.661. The van der Waals surface area contributed by atoms with Gasteiger partial charge in [-0.25, -0.2) is 4.68 Å². The number of likely N-dealkylation sites (tertiary alicyclic amines) is 1. The second-order valence-electron chi connectivity index (χ2n) is 9.15. The van der Waals surface area contributed by atoms with Crippen molar-refractivity contribution in [2.24, 2.45) is 0 Å². The maximum atomic E-state index is 13.4. The van der Waals surface area contributed by atoms with Crippen molar-refractivity contribution < 1.29 is 24.2 Å². The molecule has 0 saturated carbocycles. The van der Waals surface area contributed by atoms with E-state index in [9.17, 15) is 14.7 Å². The van der Waals surface area contributed by atoms with Gasteiger partial charge >= 0.3 is 0 Å². The topological polar surface area (TPSA) is 97.1 Å². The van der Waals surface area contributed by atoms with Crippen LogP contribution >= 0.6 is 0 Å². The monoisotopic (exact) mass is 504 g/mol. The van der Waals surface area contributed by atoms with Crippen LogP contribution in [0.4, 0.5) is 0 Å². The van der Waals surface area contributed by atoms with Crippen LogP contribution in [0.3, 0.4) is 0 Å².